The second kappa shape index (κ2) is 11.4. The van der Waals surface area contributed by atoms with Crippen LogP contribution < -0.4 is 9.47 Å². The molecule has 228 valence electrons. The van der Waals surface area contributed by atoms with Crippen molar-refractivity contribution >= 4 is 50.7 Å². The quantitative estimate of drug-likeness (QED) is 0.145. The summed E-state index contributed by atoms with van der Waals surface area (Å²) < 4.78 is 23.2. The number of hydrogen-bond donors (Lipinski definition) is 0. The van der Waals surface area contributed by atoms with Gasteiger partial charge in [-0.1, -0.05) is 46.6 Å². The standard InChI is InChI=1S/C34H27Cl2N3O5S/c1-17-5-4-6-24(35)28(17)29-21(31(44-39-29)18-7-8-18)15-43-20-9-10-22(25(36)13-20)34(16-37)14-23(34)32-38-30-26(41-2)11-19(33(40)42-3)12-27(30)45-32/h4-6,9-13,18,23H,7-8,14-15H2,1-3H3. The largest absolute Gasteiger partial charge is 0.494 e. The van der Waals surface area contributed by atoms with E-state index >= 15 is 0 Å². The van der Waals surface area contributed by atoms with Gasteiger partial charge in [0.1, 0.15) is 35.1 Å². The van der Waals surface area contributed by atoms with Gasteiger partial charge in [0.2, 0.25) is 0 Å². The molecule has 2 aliphatic carbocycles. The van der Waals surface area contributed by atoms with Crippen LogP contribution in [0, 0.1) is 18.3 Å². The number of fused-ring (bicyclic) bond motifs is 1. The lowest BCUT2D eigenvalue weighted by atomic mass is 9.94. The van der Waals surface area contributed by atoms with Crippen LogP contribution >= 0.6 is 34.5 Å². The maximum Gasteiger partial charge on any atom is 0.338 e. The molecule has 0 amide bonds. The number of rotatable bonds is 9. The first-order valence-corrected chi connectivity index (χ1v) is 16.0. The predicted molar refractivity (Wildman–Crippen MR) is 172 cm³/mol. The molecule has 5 aromatic rings. The van der Waals surface area contributed by atoms with Crippen molar-refractivity contribution in [2.24, 2.45) is 0 Å². The highest BCUT2D eigenvalue weighted by Crippen LogP contribution is 2.62. The van der Waals surface area contributed by atoms with E-state index in [0.717, 1.165) is 50.6 Å². The average molecular weight is 661 g/mol. The van der Waals surface area contributed by atoms with Gasteiger partial charge in [0.25, 0.3) is 0 Å². The number of benzene rings is 3. The van der Waals surface area contributed by atoms with E-state index in [2.05, 4.69) is 11.2 Å². The number of aromatic nitrogens is 2. The van der Waals surface area contributed by atoms with Crippen LogP contribution in [-0.2, 0) is 16.8 Å². The number of nitriles is 1. The topological polar surface area (TPSA) is 107 Å². The predicted octanol–water partition coefficient (Wildman–Crippen LogP) is 8.77. The molecule has 0 spiro atoms. The molecule has 2 saturated carbocycles. The Morgan fingerprint density at radius 2 is 1.98 bits per heavy atom. The molecule has 45 heavy (non-hydrogen) atoms. The normalized spacial score (nSPS) is 18.9. The van der Waals surface area contributed by atoms with Gasteiger partial charge in [-0.05, 0) is 67.6 Å². The number of halogens is 2. The van der Waals surface area contributed by atoms with E-state index in [9.17, 15) is 10.1 Å². The van der Waals surface area contributed by atoms with Crippen molar-refractivity contribution in [3.05, 3.63) is 91.6 Å². The summed E-state index contributed by atoms with van der Waals surface area (Å²) >= 11 is 14.9. The highest BCUT2D eigenvalue weighted by atomic mass is 35.5. The third kappa shape index (κ3) is 5.11. The smallest absolute Gasteiger partial charge is 0.338 e. The minimum absolute atomic E-state index is 0.157. The second-order valence-corrected chi connectivity index (χ2v) is 13.3. The maximum absolute atomic E-state index is 12.2. The molecule has 2 aliphatic rings. The van der Waals surface area contributed by atoms with E-state index in [4.69, 9.17) is 46.9 Å². The van der Waals surface area contributed by atoms with Crippen LogP contribution in [0.1, 0.15) is 68.9 Å². The Morgan fingerprint density at radius 1 is 1.16 bits per heavy atom. The molecule has 0 radical (unpaired) electrons. The van der Waals surface area contributed by atoms with Gasteiger partial charge in [0.15, 0.2) is 0 Å². The summed E-state index contributed by atoms with van der Waals surface area (Å²) in [6, 6.07) is 17.1. The third-order valence-electron chi connectivity index (χ3n) is 8.61. The summed E-state index contributed by atoms with van der Waals surface area (Å²) in [6.45, 7) is 2.23. The van der Waals surface area contributed by atoms with E-state index < -0.39 is 11.4 Å². The van der Waals surface area contributed by atoms with Crippen molar-refractivity contribution in [3.63, 3.8) is 0 Å². The Hall–Kier alpha value is -4.10. The van der Waals surface area contributed by atoms with Gasteiger partial charge in [0, 0.05) is 22.4 Å². The van der Waals surface area contributed by atoms with Crippen LogP contribution in [0.4, 0.5) is 0 Å². The van der Waals surface area contributed by atoms with Crippen molar-refractivity contribution in [2.45, 2.75) is 50.0 Å². The van der Waals surface area contributed by atoms with Crippen molar-refractivity contribution in [2.75, 3.05) is 14.2 Å². The summed E-state index contributed by atoms with van der Waals surface area (Å²) in [5, 5.41) is 16.6. The molecule has 0 bridgehead atoms. The van der Waals surface area contributed by atoms with E-state index in [1.165, 1.54) is 25.6 Å². The SMILES string of the molecule is COC(=O)c1cc(OC)c2nc(C3CC3(C#N)c3ccc(OCc4c(-c5c(C)cccc5Cl)noc4C4CC4)cc3Cl)sc2c1. The molecule has 2 fully saturated rings. The van der Waals surface area contributed by atoms with Gasteiger partial charge in [-0.15, -0.1) is 11.3 Å². The lowest BCUT2D eigenvalue weighted by Crippen LogP contribution is -2.08. The minimum Gasteiger partial charge on any atom is -0.494 e. The number of carbonyl (C=O) groups is 1. The number of ether oxygens (including phenoxy) is 3. The molecule has 8 nitrogen and oxygen atoms in total. The highest BCUT2D eigenvalue weighted by molar-refractivity contribution is 7.18. The fourth-order valence-electron chi connectivity index (χ4n) is 5.96. The molecule has 2 aromatic heterocycles. The molecule has 0 saturated heterocycles. The fraction of sp³-hybridized carbons (Fsp3) is 0.294. The first kappa shape index (κ1) is 29.6. The number of thiazole rings is 1. The first-order chi connectivity index (χ1) is 21.8. The van der Waals surface area contributed by atoms with Crippen LogP contribution in [0.15, 0.2) is 53.1 Å². The first-order valence-electron chi connectivity index (χ1n) is 14.4. The van der Waals surface area contributed by atoms with Crippen LogP contribution in [-0.4, -0.2) is 30.3 Å². The van der Waals surface area contributed by atoms with E-state index in [1.807, 2.05) is 37.3 Å². The molecule has 2 heterocycles. The number of nitrogens with zero attached hydrogens (tertiary/aromatic N) is 3. The van der Waals surface area contributed by atoms with E-state index in [1.54, 1.807) is 18.2 Å². The Bertz CT molecular complexity index is 2010. The Morgan fingerprint density at radius 3 is 2.67 bits per heavy atom. The molecule has 0 aliphatic heterocycles. The number of hydrogen-bond acceptors (Lipinski definition) is 9. The Kier molecular flexibility index (Phi) is 7.47. The van der Waals surface area contributed by atoms with Gasteiger partial charge in [-0.25, -0.2) is 9.78 Å². The third-order valence-corrected chi connectivity index (χ3v) is 10.3. The second-order valence-electron chi connectivity index (χ2n) is 11.4. The minimum atomic E-state index is -0.829. The zero-order valence-electron chi connectivity index (χ0n) is 24.6. The average Bonchev–Trinajstić information content (AvgIpc) is 3.94. The van der Waals surface area contributed by atoms with Crippen LogP contribution in [0.5, 0.6) is 11.5 Å². The Balaban J connectivity index is 1.15. The van der Waals surface area contributed by atoms with Crippen LogP contribution in [0.25, 0.3) is 21.5 Å². The summed E-state index contributed by atoms with van der Waals surface area (Å²) in [5.41, 5.74) is 4.33. The van der Waals surface area contributed by atoms with Gasteiger partial charge < -0.3 is 18.7 Å². The van der Waals surface area contributed by atoms with Gasteiger partial charge in [-0.2, -0.15) is 5.26 Å². The summed E-state index contributed by atoms with van der Waals surface area (Å²) in [5.74, 6) is 1.59. The van der Waals surface area contributed by atoms with Crippen molar-refractivity contribution < 1.29 is 23.5 Å². The number of methoxy groups -OCH3 is 2. The van der Waals surface area contributed by atoms with Crippen molar-refractivity contribution in [3.8, 4) is 28.8 Å². The lowest BCUT2D eigenvalue weighted by Gasteiger charge is -2.14. The molecular formula is C34H27Cl2N3O5S. The van der Waals surface area contributed by atoms with Gasteiger partial charge in [0.05, 0.1) is 51.6 Å². The molecule has 7 rings (SSSR count). The number of carbonyl (C=O) groups excluding carboxylic acids is 1. The van der Waals surface area contributed by atoms with Crippen molar-refractivity contribution in [1.29, 1.82) is 5.26 Å². The Labute approximate surface area is 273 Å². The molecule has 0 N–H and O–H groups in total. The zero-order chi connectivity index (χ0) is 31.5. The number of aryl methyl sites for hydroxylation is 1. The fourth-order valence-corrected chi connectivity index (χ4v) is 7.83. The monoisotopic (exact) mass is 659 g/mol. The highest BCUT2D eigenvalue weighted by Gasteiger charge is 2.59. The van der Waals surface area contributed by atoms with E-state index in [0.29, 0.717) is 50.7 Å². The summed E-state index contributed by atoms with van der Waals surface area (Å²) in [6.07, 6.45) is 2.67. The zero-order valence-corrected chi connectivity index (χ0v) is 27.0. The van der Waals surface area contributed by atoms with Gasteiger partial charge in [-0.3, -0.25) is 0 Å². The van der Waals surface area contributed by atoms with Crippen molar-refractivity contribution in [1.82, 2.24) is 10.1 Å². The molecule has 2 unspecified atom stereocenters. The van der Waals surface area contributed by atoms with Crippen LogP contribution in [0.3, 0.4) is 0 Å². The number of esters is 1. The summed E-state index contributed by atoms with van der Waals surface area (Å²) in [4.78, 5) is 17.0. The molecular weight excluding hydrogens is 633 g/mol. The van der Waals surface area contributed by atoms with Crippen LogP contribution in [0.2, 0.25) is 10.0 Å². The van der Waals surface area contributed by atoms with Gasteiger partial charge >= 0.3 is 5.97 Å². The maximum atomic E-state index is 12.2. The molecule has 11 heteroatoms. The van der Waals surface area contributed by atoms with E-state index in [-0.39, 0.29) is 12.5 Å². The molecule has 3 aromatic carbocycles. The summed E-state index contributed by atoms with van der Waals surface area (Å²) in [7, 11) is 2.87. The lowest BCUT2D eigenvalue weighted by molar-refractivity contribution is 0.0600. The molecule has 2 atom stereocenters.